The van der Waals surface area contributed by atoms with Gasteiger partial charge in [-0.1, -0.05) is 35.9 Å². The molecule has 4 rings (SSSR count). The summed E-state index contributed by atoms with van der Waals surface area (Å²) < 4.78 is 11.1. The lowest BCUT2D eigenvalue weighted by molar-refractivity contribution is -0.137. The minimum atomic E-state index is -0.260. The molecule has 1 unspecified atom stereocenters. The van der Waals surface area contributed by atoms with Crippen LogP contribution >= 0.6 is 11.8 Å². The van der Waals surface area contributed by atoms with Gasteiger partial charge in [-0.05, 0) is 67.1 Å². The Hall–Kier alpha value is -2.92. The van der Waals surface area contributed by atoms with Crippen molar-refractivity contribution in [2.45, 2.75) is 32.1 Å². The second kappa shape index (κ2) is 8.84. The van der Waals surface area contributed by atoms with Crippen LogP contribution in [0.1, 0.15) is 36.6 Å². The highest BCUT2D eigenvalue weighted by molar-refractivity contribution is 8.04. The Labute approximate surface area is 180 Å². The molecular formula is C25H24O4S. The Morgan fingerprint density at radius 1 is 1.13 bits per heavy atom. The summed E-state index contributed by atoms with van der Waals surface area (Å²) in [7, 11) is 0. The van der Waals surface area contributed by atoms with E-state index in [1.54, 1.807) is 6.07 Å². The maximum atomic E-state index is 12.2. The van der Waals surface area contributed by atoms with Gasteiger partial charge in [0.2, 0.25) is 0 Å². The van der Waals surface area contributed by atoms with Crippen LogP contribution in [0, 0.1) is 0 Å². The number of benzene rings is 3. The first-order valence-corrected chi connectivity index (χ1v) is 10.9. The van der Waals surface area contributed by atoms with Crippen molar-refractivity contribution in [2.75, 3.05) is 6.61 Å². The lowest BCUT2D eigenvalue weighted by Gasteiger charge is -2.14. The van der Waals surface area contributed by atoms with Crippen molar-refractivity contribution < 1.29 is 19.4 Å². The van der Waals surface area contributed by atoms with E-state index in [0.29, 0.717) is 18.1 Å². The van der Waals surface area contributed by atoms with Gasteiger partial charge in [0, 0.05) is 10.6 Å². The second-order valence-electron chi connectivity index (χ2n) is 7.34. The van der Waals surface area contributed by atoms with Crippen LogP contribution < -0.4 is 4.74 Å². The first-order chi connectivity index (χ1) is 14.5. The van der Waals surface area contributed by atoms with Crippen molar-refractivity contribution in [3.05, 3.63) is 82.3 Å². The number of carbonyl (C=O) groups is 1. The number of hydrogen-bond acceptors (Lipinski definition) is 5. The number of phenolic OH excluding ortho intramolecular Hbond substituents is 1. The van der Waals surface area contributed by atoms with Crippen LogP contribution in [0.15, 0.2) is 71.1 Å². The maximum absolute atomic E-state index is 12.2. The Bertz CT molecular complexity index is 1100. The molecule has 1 heterocycles. The average Bonchev–Trinajstić information content (AvgIpc) is 3.15. The molecule has 5 heteroatoms. The highest BCUT2D eigenvalue weighted by atomic mass is 32.2. The van der Waals surface area contributed by atoms with Gasteiger partial charge in [0.25, 0.3) is 0 Å². The Kier molecular flexibility index (Phi) is 6.00. The van der Waals surface area contributed by atoms with Crippen LogP contribution in [-0.4, -0.2) is 17.7 Å². The number of thioether (sulfide) groups is 1. The Morgan fingerprint density at radius 3 is 2.70 bits per heavy atom. The quantitative estimate of drug-likeness (QED) is 0.486. The van der Waals surface area contributed by atoms with Crippen LogP contribution in [-0.2, 0) is 16.1 Å². The maximum Gasteiger partial charge on any atom is 0.344 e. The summed E-state index contributed by atoms with van der Waals surface area (Å²) in [5.74, 6) is 0.729. The van der Waals surface area contributed by atoms with E-state index < -0.39 is 0 Å². The highest BCUT2D eigenvalue weighted by Gasteiger charge is 2.29. The molecule has 0 spiro atoms. The standard InChI is InChI=1S/C25H24O4S/c1-3-28-25(27)24-16(2)11-23(30-24)19-12-18-13-20(9-10-21(18)22(26)14-19)29-15-17-7-5-4-6-8-17/h4-10,12-14,23,26H,3,11,15H2,1-2H3. The van der Waals surface area contributed by atoms with Crippen molar-refractivity contribution in [3.8, 4) is 11.5 Å². The molecule has 4 nitrogen and oxygen atoms in total. The van der Waals surface area contributed by atoms with Crippen LogP contribution in [0.4, 0.5) is 0 Å². The third kappa shape index (κ3) is 4.31. The van der Waals surface area contributed by atoms with Crippen LogP contribution in [0.2, 0.25) is 0 Å². The molecule has 0 aliphatic carbocycles. The molecule has 1 aliphatic heterocycles. The van der Waals surface area contributed by atoms with Crippen LogP contribution in [0.3, 0.4) is 0 Å². The van der Waals surface area contributed by atoms with Gasteiger partial charge >= 0.3 is 5.97 Å². The number of esters is 1. The first kappa shape index (κ1) is 20.4. The van der Waals surface area contributed by atoms with Gasteiger partial charge in [0.1, 0.15) is 18.1 Å². The number of carbonyl (C=O) groups excluding carboxylic acids is 1. The van der Waals surface area contributed by atoms with Crippen molar-refractivity contribution in [1.29, 1.82) is 0 Å². The van der Waals surface area contributed by atoms with E-state index in [4.69, 9.17) is 9.47 Å². The van der Waals surface area contributed by atoms with E-state index in [1.165, 1.54) is 11.8 Å². The number of aromatic hydroxyl groups is 1. The molecule has 1 N–H and O–H groups in total. The first-order valence-electron chi connectivity index (χ1n) is 10.0. The molecule has 1 atom stereocenters. The average molecular weight is 421 g/mol. The zero-order valence-electron chi connectivity index (χ0n) is 17.1. The molecule has 0 aromatic heterocycles. The summed E-state index contributed by atoms with van der Waals surface area (Å²) in [4.78, 5) is 12.9. The third-order valence-electron chi connectivity index (χ3n) is 5.14. The van der Waals surface area contributed by atoms with E-state index >= 15 is 0 Å². The topological polar surface area (TPSA) is 55.8 Å². The van der Waals surface area contributed by atoms with Gasteiger partial charge in [0.15, 0.2) is 0 Å². The van der Waals surface area contributed by atoms with Gasteiger partial charge in [-0.2, -0.15) is 0 Å². The molecular weight excluding hydrogens is 396 g/mol. The molecule has 0 saturated carbocycles. The molecule has 0 amide bonds. The molecule has 0 radical (unpaired) electrons. The SMILES string of the molecule is CCOC(=O)C1=C(C)CC(c2cc(O)c3ccc(OCc4ccccc4)cc3c2)S1. The number of ether oxygens (including phenoxy) is 2. The third-order valence-corrected chi connectivity index (χ3v) is 6.62. The number of hydrogen-bond donors (Lipinski definition) is 1. The predicted octanol–water partition coefficient (Wildman–Crippen LogP) is 6.14. The summed E-state index contributed by atoms with van der Waals surface area (Å²) in [6.45, 7) is 4.63. The number of allylic oxidation sites excluding steroid dienone is 1. The largest absolute Gasteiger partial charge is 0.507 e. The summed E-state index contributed by atoms with van der Waals surface area (Å²) in [5, 5.41) is 12.4. The molecule has 0 saturated heterocycles. The number of rotatable bonds is 6. The molecule has 3 aromatic rings. The number of fused-ring (bicyclic) bond motifs is 1. The van der Waals surface area contributed by atoms with E-state index in [0.717, 1.165) is 39.6 Å². The molecule has 30 heavy (non-hydrogen) atoms. The van der Waals surface area contributed by atoms with Crippen molar-refractivity contribution >= 4 is 28.5 Å². The summed E-state index contributed by atoms with van der Waals surface area (Å²) in [6, 6.07) is 19.6. The van der Waals surface area contributed by atoms with Crippen LogP contribution in [0.25, 0.3) is 10.8 Å². The van der Waals surface area contributed by atoms with Gasteiger partial charge in [-0.25, -0.2) is 4.79 Å². The lowest BCUT2D eigenvalue weighted by atomic mass is 10.0. The Balaban J connectivity index is 1.56. The molecule has 154 valence electrons. The molecule has 3 aromatic carbocycles. The summed E-state index contributed by atoms with van der Waals surface area (Å²) in [5.41, 5.74) is 3.12. The van der Waals surface area contributed by atoms with Gasteiger partial charge in [-0.15, -0.1) is 11.8 Å². The summed E-state index contributed by atoms with van der Waals surface area (Å²) >= 11 is 1.51. The smallest absolute Gasteiger partial charge is 0.344 e. The van der Waals surface area contributed by atoms with E-state index in [1.807, 2.05) is 62.4 Å². The zero-order chi connectivity index (χ0) is 21.1. The fourth-order valence-electron chi connectivity index (χ4n) is 3.63. The van der Waals surface area contributed by atoms with Crippen molar-refractivity contribution in [3.63, 3.8) is 0 Å². The van der Waals surface area contributed by atoms with Crippen molar-refractivity contribution in [1.82, 2.24) is 0 Å². The molecule has 0 bridgehead atoms. The van der Waals surface area contributed by atoms with Gasteiger partial charge in [0.05, 0.1) is 11.5 Å². The van der Waals surface area contributed by atoms with Gasteiger partial charge < -0.3 is 14.6 Å². The normalized spacial score (nSPS) is 16.1. The zero-order valence-corrected chi connectivity index (χ0v) is 17.9. The Morgan fingerprint density at radius 2 is 1.93 bits per heavy atom. The van der Waals surface area contributed by atoms with Crippen LogP contribution in [0.5, 0.6) is 11.5 Å². The monoisotopic (exact) mass is 420 g/mol. The minimum absolute atomic E-state index is 0.0774. The van der Waals surface area contributed by atoms with E-state index in [-0.39, 0.29) is 17.0 Å². The van der Waals surface area contributed by atoms with E-state index in [2.05, 4.69) is 6.07 Å². The number of phenols is 1. The van der Waals surface area contributed by atoms with Crippen molar-refractivity contribution in [2.24, 2.45) is 0 Å². The lowest BCUT2D eigenvalue weighted by Crippen LogP contribution is -2.05. The second-order valence-corrected chi connectivity index (χ2v) is 8.55. The van der Waals surface area contributed by atoms with E-state index in [9.17, 15) is 9.90 Å². The molecule has 1 aliphatic rings. The fourth-order valence-corrected chi connectivity index (χ4v) is 4.96. The predicted molar refractivity (Wildman–Crippen MR) is 121 cm³/mol. The minimum Gasteiger partial charge on any atom is -0.507 e. The fraction of sp³-hybridized carbons (Fsp3) is 0.240. The van der Waals surface area contributed by atoms with Gasteiger partial charge in [-0.3, -0.25) is 0 Å². The summed E-state index contributed by atoms with van der Waals surface area (Å²) in [6.07, 6.45) is 0.758. The molecule has 0 fully saturated rings. The highest BCUT2D eigenvalue weighted by Crippen LogP contribution is 2.49.